The molecule has 0 radical (unpaired) electrons. The first-order valence-corrected chi connectivity index (χ1v) is 12.0. The molecule has 1 aliphatic rings. The highest BCUT2D eigenvalue weighted by Gasteiger charge is 2.17. The minimum absolute atomic E-state index is 0.0944. The Morgan fingerprint density at radius 3 is 1.81 bits per heavy atom. The molecule has 8 nitrogen and oxygen atoms in total. The third-order valence-electron chi connectivity index (χ3n) is 6.40. The zero-order valence-corrected chi connectivity index (χ0v) is 20.4. The van der Waals surface area contributed by atoms with Crippen LogP contribution in [0.5, 0.6) is 5.75 Å². The van der Waals surface area contributed by atoms with Gasteiger partial charge >= 0.3 is 0 Å². The van der Waals surface area contributed by atoms with Gasteiger partial charge < -0.3 is 10.1 Å². The molecule has 0 aromatic heterocycles. The van der Waals surface area contributed by atoms with Gasteiger partial charge in [0.25, 0.3) is 11.8 Å². The second-order valence-corrected chi connectivity index (χ2v) is 8.92. The van der Waals surface area contributed by atoms with E-state index in [0.717, 1.165) is 56.1 Å². The average molecular weight is 489 g/mol. The lowest BCUT2D eigenvalue weighted by Gasteiger charge is -2.34. The standard InChI is InChI=1S/C28H32N4O4/c1-36-26-4-2-3-23(17-26)18-29-27(33)24-9-5-21(6-10-24)19-31-13-15-32(16-14-31)20-22-7-11-25(12-8-22)28(34)30-35/h2-12,17,35H,13-16,18-20H2,1H3,(H,29,33)(H,30,34). The maximum Gasteiger partial charge on any atom is 0.274 e. The first-order chi connectivity index (χ1) is 17.5. The highest BCUT2D eigenvalue weighted by atomic mass is 16.5. The monoisotopic (exact) mass is 488 g/mol. The number of hydrogen-bond acceptors (Lipinski definition) is 6. The number of piperazine rings is 1. The quantitative estimate of drug-likeness (QED) is 0.317. The van der Waals surface area contributed by atoms with E-state index in [0.29, 0.717) is 17.7 Å². The van der Waals surface area contributed by atoms with Crippen molar-refractivity contribution in [2.24, 2.45) is 0 Å². The highest BCUT2D eigenvalue weighted by molar-refractivity contribution is 5.94. The van der Waals surface area contributed by atoms with Gasteiger partial charge in [0.15, 0.2) is 0 Å². The molecule has 4 rings (SSSR count). The van der Waals surface area contributed by atoms with E-state index in [1.165, 1.54) is 5.56 Å². The number of rotatable bonds is 9. The van der Waals surface area contributed by atoms with Crippen molar-refractivity contribution in [2.45, 2.75) is 19.6 Å². The number of amides is 2. The van der Waals surface area contributed by atoms with Crippen LogP contribution in [-0.4, -0.2) is 60.1 Å². The van der Waals surface area contributed by atoms with Crippen LogP contribution in [0, 0.1) is 0 Å². The molecule has 8 heteroatoms. The van der Waals surface area contributed by atoms with Gasteiger partial charge in [-0.25, -0.2) is 5.48 Å². The lowest BCUT2D eigenvalue weighted by Crippen LogP contribution is -2.45. The van der Waals surface area contributed by atoms with Gasteiger partial charge in [0, 0.05) is 56.9 Å². The number of ether oxygens (including phenoxy) is 1. The predicted octanol–water partition coefficient (Wildman–Crippen LogP) is 3.06. The maximum atomic E-state index is 12.5. The third kappa shape index (κ3) is 6.91. The SMILES string of the molecule is COc1cccc(CNC(=O)c2ccc(CN3CCN(Cc4ccc(C(=O)NO)cc4)CC3)cc2)c1. The third-order valence-corrected chi connectivity index (χ3v) is 6.40. The summed E-state index contributed by atoms with van der Waals surface area (Å²) >= 11 is 0. The molecule has 1 fully saturated rings. The van der Waals surface area contributed by atoms with Crippen molar-refractivity contribution in [3.63, 3.8) is 0 Å². The summed E-state index contributed by atoms with van der Waals surface area (Å²) < 4.78 is 5.23. The first-order valence-electron chi connectivity index (χ1n) is 12.0. The zero-order valence-electron chi connectivity index (χ0n) is 20.4. The summed E-state index contributed by atoms with van der Waals surface area (Å²) in [5.41, 5.74) is 6.05. The Kier molecular flexibility index (Phi) is 8.67. The molecule has 3 N–H and O–H groups in total. The molecular formula is C28H32N4O4. The van der Waals surface area contributed by atoms with Crippen LogP contribution in [0.3, 0.4) is 0 Å². The van der Waals surface area contributed by atoms with E-state index in [4.69, 9.17) is 9.94 Å². The number of methoxy groups -OCH3 is 1. The van der Waals surface area contributed by atoms with Gasteiger partial charge in [-0.05, 0) is 53.1 Å². The number of hydroxylamine groups is 1. The van der Waals surface area contributed by atoms with Crippen LogP contribution in [-0.2, 0) is 19.6 Å². The van der Waals surface area contributed by atoms with E-state index in [2.05, 4.69) is 15.1 Å². The molecule has 0 bridgehead atoms. The second-order valence-electron chi connectivity index (χ2n) is 8.92. The van der Waals surface area contributed by atoms with Gasteiger partial charge in [-0.15, -0.1) is 0 Å². The molecule has 2 amide bonds. The summed E-state index contributed by atoms with van der Waals surface area (Å²) in [5.74, 6) is 0.176. The summed E-state index contributed by atoms with van der Waals surface area (Å²) in [7, 11) is 1.63. The number of hydrogen-bond donors (Lipinski definition) is 3. The molecule has 0 spiro atoms. The van der Waals surface area contributed by atoms with Gasteiger partial charge in [-0.3, -0.25) is 24.6 Å². The second kappa shape index (κ2) is 12.3. The van der Waals surface area contributed by atoms with Crippen molar-refractivity contribution in [2.75, 3.05) is 33.3 Å². The van der Waals surface area contributed by atoms with Gasteiger partial charge in [-0.2, -0.15) is 0 Å². The van der Waals surface area contributed by atoms with Crippen LogP contribution in [0.25, 0.3) is 0 Å². The summed E-state index contributed by atoms with van der Waals surface area (Å²) in [4.78, 5) is 28.8. The topological polar surface area (TPSA) is 94.1 Å². The smallest absolute Gasteiger partial charge is 0.274 e. The molecule has 36 heavy (non-hydrogen) atoms. The van der Waals surface area contributed by atoms with Crippen molar-refractivity contribution in [3.8, 4) is 5.75 Å². The fraction of sp³-hybridized carbons (Fsp3) is 0.286. The number of nitrogens with zero attached hydrogens (tertiary/aromatic N) is 2. The summed E-state index contributed by atoms with van der Waals surface area (Å²) in [6.07, 6.45) is 0. The summed E-state index contributed by atoms with van der Waals surface area (Å²) in [6.45, 7) is 5.98. The summed E-state index contributed by atoms with van der Waals surface area (Å²) in [6, 6.07) is 22.8. The van der Waals surface area contributed by atoms with Crippen molar-refractivity contribution < 1.29 is 19.5 Å². The molecule has 0 atom stereocenters. The Bertz CT molecular complexity index is 1160. The number of carbonyl (C=O) groups excluding carboxylic acids is 2. The van der Waals surface area contributed by atoms with Crippen LogP contribution in [0.15, 0.2) is 72.8 Å². The van der Waals surface area contributed by atoms with Crippen molar-refractivity contribution in [1.29, 1.82) is 0 Å². The molecule has 188 valence electrons. The molecule has 0 aliphatic carbocycles. The molecule has 0 saturated carbocycles. The van der Waals surface area contributed by atoms with Gasteiger partial charge in [0.1, 0.15) is 5.75 Å². The Labute approximate surface area is 211 Å². The lowest BCUT2D eigenvalue weighted by molar-refractivity contribution is 0.0706. The van der Waals surface area contributed by atoms with Crippen LogP contribution in [0.4, 0.5) is 0 Å². The largest absolute Gasteiger partial charge is 0.497 e. The summed E-state index contributed by atoms with van der Waals surface area (Å²) in [5, 5.41) is 11.7. The maximum absolute atomic E-state index is 12.5. The fourth-order valence-electron chi connectivity index (χ4n) is 4.28. The number of carbonyl (C=O) groups is 2. The van der Waals surface area contributed by atoms with Crippen molar-refractivity contribution in [1.82, 2.24) is 20.6 Å². The van der Waals surface area contributed by atoms with Crippen LogP contribution in [0.1, 0.15) is 37.4 Å². The molecule has 1 heterocycles. The van der Waals surface area contributed by atoms with E-state index >= 15 is 0 Å². The van der Waals surface area contributed by atoms with E-state index in [9.17, 15) is 9.59 Å². The van der Waals surface area contributed by atoms with Crippen LogP contribution < -0.4 is 15.5 Å². The Hall–Kier alpha value is -3.72. The number of benzene rings is 3. The van der Waals surface area contributed by atoms with E-state index in [-0.39, 0.29) is 5.91 Å². The van der Waals surface area contributed by atoms with Gasteiger partial charge in [0.2, 0.25) is 0 Å². The molecule has 3 aromatic carbocycles. The van der Waals surface area contributed by atoms with E-state index in [1.54, 1.807) is 24.7 Å². The molecule has 0 unspecified atom stereocenters. The molecule has 3 aromatic rings. The fourth-order valence-corrected chi connectivity index (χ4v) is 4.28. The predicted molar refractivity (Wildman–Crippen MR) is 137 cm³/mol. The normalized spacial score (nSPS) is 14.3. The van der Waals surface area contributed by atoms with Crippen molar-refractivity contribution >= 4 is 11.8 Å². The van der Waals surface area contributed by atoms with Crippen molar-refractivity contribution in [3.05, 3.63) is 101 Å². The Morgan fingerprint density at radius 1 is 0.778 bits per heavy atom. The number of nitrogens with one attached hydrogen (secondary N) is 2. The first kappa shape index (κ1) is 25.4. The van der Waals surface area contributed by atoms with Crippen LogP contribution >= 0.6 is 0 Å². The minimum Gasteiger partial charge on any atom is -0.497 e. The van der Waals surface area contributed by atoms with Crippen LogP contribution in [0.2, 0.25) is 0 Å². The molecular weight excluding hydrogens is 456 g/mol. The van der Waals surface area contributed by atoms with E-state index in [1.807, 2.05) is 60.7 Å². The minimum atomic E-state index is -0.503. The lowest BCUT2D eigenvalue weighted by atomic mass is 10.1. The van der Waals surface area contributed by atoms with Gasteiger partial charge in [0.05, 0.1) is 7.11 Å². The average Bonchev–Trinajstić information content (AvgIpc) is 2.93. The highest BCUT2D eigenvalue weighted by Crippen LogP contribution is 2.15. The molecule has 1 saturated heterocycles. The van der Waals surface area contributed by atoms with Gasteiger partial charge in [-0.1, -0.05) is 36.4 Å². The zero-order chi connectivity index (χ0) is 25.3. The molecule has 1 aliphatic heterocycles. The Balaban J connectivity index is 1.21. The Morgan fingerprint density at radius 2 is 1.31 bits per heavy atom. The van der Waals surface area contributed by atoms with E-state index < -0.39 is 5.91 Å².